The molecule has 0 spiro atoms. The van der Waals surface area contributed by atoms with Crippen molar-refractivity contribution in [1.82, 2.24) is 10.3 Å². The van der Waals surface area contributed by atoms with Crippen LogP contribution < -0.4 is 5.32 Å². The minimum atomic E-state index is 0.383. The van der Waals surface area contributed by atoms with Crippen LogP contribution in [0.15, 0.2) is 24.5 Å². The number of hydrogen-bond donors (Lipinski definition) is 1. The van der Waals surface area contributed by atoms with Crippen LogP contribution >= 0.6 is 0 Å². The first kappa shape index (κ1) is 13.1. The third kappa shape index (κ3) is 2.01. The first-order valence-electron chi connectivity index (χ1n) is 7.59. The zero-order valence-electron chi connectivity index (χ0n) is 12.6. The second kappa shape index (κ2) is 4.31. The molecule has 0 saturated heterocycles. The van der Waals surface area contributed by atoms with E-state index in [9.17, 15) is 0 Å². The highest BCUT2D eigenvalue weighted by Gasteiger charge is 2.59. The minimum absolute atomic E-state index is 0.383. The zero-order valence-corrected chi connectivity index (χ0v) is 12.6. The molecule has 0 aromatic carbocycles. The van der Waals surface area contributed by atoms with Gasteiger partial charge in [-0.3, -0.25) is 4.98 Å². The van der Waals surface area contributed by atoms with Gasteiger partial charge in [0.15, 0.2) is 0 Å². The molecule has 2 saturated carbocycles. The molecule has 1 aromatic heterocycles. The van der Waals surface area contributed by atoms with Crippen molar-refractivity contribution in [3.8, 4) is 0 Å². The quantitative estimate of drug-likeness (QED) is 0.888. The summed E-state index contributed by atoms with van der Waals surface area (Å²) in [7, 11) is 0. The number of hydrogen-bond acceptors (Lipinski definition) is 2. The molecule has 2 nitrogen and oxygen atoms in total. The third-order valence-electron chi connectivity index (χ3n) is 5.87. The van der Waals surface area contributed by atoms with Crippen LogP contribution in [0, 0.1) is 16.7 Å². The molecule has 0 radical (unpaired) electrons. The van der Waals surface area contributed by atoms with Crippen LogP contribution in [0.3, 0.4) is 0 Å². The maximum atomic E-state index is 4.24. The first-order chi connectivity index (χ1) is 8.93. The predicted octanol–water partition coefficient (Wildman–Crippen LogP) is 3.95. The van der Waals surface area contributed by atoms with E-state index in [1.165, 1.54) is 24.8 Å². The Bertz CT molecular complexity index is 449. The summed E-state index contributed by atoms with van der Waals surface area (Å²) >= 11 is 0. The molecule has 0 aliphatic heterocycles. The van der Waals surface area contributed by atoms with Crippen molar-refractivity contribution < 1.29 is 0 Å². The van der Waals surface area contributed by atoms with E-state index in [2.05, 4.69) is 44.1 Å². The summed E-state index contributed by atoms with van der Waals surface area (Å²) in [6, 6.07) is 5.21. The molecule has 1 N–H and O–H groups in total. The van der Waals surface area contributed by atoms with E-state index in [1.54, 1.807) is 0 Å². The van der Waals surface area contributed by atoms with Gasteiger partial charge in [0.25, 0.3) is 0 Å². The Labute approximate surface area is 117 Å². The average Bonchev–Trinajstić information content (AvgIpc) is 2.87. The fourth-order valence-corrected chi connectivity index (χ4v) is 4.70. The Morgan fingerprint density at radius 3 is 2.74 bits per heavy atom. The van der Waals surface area contributed by atoms with Gasteiger partial charge in [-0.15, -0.1) is 0 Å². The molecule has 0 amide bonds. The van der Waals surface area contributed by atoms with Gasteiger partial charge in [0.2, 0.25) is 0 Å². The lowest BCUT2D eigenvalue weighted by molar-refractivity contribution is 0.100. The molecule has 4 atom stereocenters. The fourth-order valence-electron chi connectivity index (χ4n) is 4.70. The first-order valence-corrected chi connectivity index (χ1v) is 7.59. The van der Waals surface area contributed by atoms with E-state index in [0.717, 1.165) is 5.92 Å². The van der Waals surface area contributed by atoms with Crippen LogP contribution in [0.4, 0.5) is 0 Å². The molecule has 2 heteroatoms. The van der Waals surface area contributed by atoms with E-state index >= 15 is 0 Å². The van der Waals surface area contributed by atoms with Gasteiger partial charge in [0.1, 0.15) is 0 Å². The second-order valence-corrected chi connectivity index (χ2v) is 7.52. The predicted molar refractivity (Wildman–Crippen MR) is 78.8 cm³/mol. The summed E-state index contributed by atoms with van der Waals surface area (Å²) in [5.41, 5.74) is 2.21. The monoisotopic (exact) mass is 258 g/mol. The standard InChI is InChI=1S/C17H26N2/c1-12(13-6-5-9-18-11-13)19-15-16(2,3)14-7-8-17(15,4)10-14/h5-6,9,11-12,14-15,19H,7-8,10H2,1-4H3/t12?,14-,15?,17+/m0/s1. The summed E-state index contributed by atoms with van der Waals surface area (Å²) in [6.07, 6.45) is 8.04. The smallest absolute Gasteiger partial charge is 0.0315 e. The van der Waals surface area contributed by atoms with Gasteiger partial charge in [0, 0.05) is 24.5 Å². The van der Waals surface area contributed by atoms with Gasteiger partial charge in [-0.2, -0.15) is 0 Å². The number of aromatic nitrogens is 1. The summed E-state index contributed by atoms with van der Waals surface area (Å²) < 4.78 is 0. The van der Waals surface area contributed by atoms with Crippen molar-refractivity contribution in [2.75, 3.05) is 0 Å². The maximum absolute atomic E-state index is 4.24. The molecule has 2 aliphatic rings. The molecule has 3 rings (SSSR count). The van der Waals surface area contributed by atoms with Gasteiger partial charge in [-0.1, -0.05) is 26.8 Å². The van der Waals surface area contributed by atoms with Crippen molar-refractivity contribution in [3.05, 3.63) is 30.1 Å². The highest BCUT2D eigenvalue weighted by Crippen LogP contribution is 2.62. The summed E-state index contributed by atoms with van der Waals surface area (Å²) in [5.74, 6) is 0.899. The molecule has 2 fully saturated rings. The molecular weight excluding hydrogens is 232 g/mol. The normalized spacial score (nSPS) is 37.5. The van der Waals surface area contributed by atoms with Crippen LogP contribution in [-0.2, 0) is 0 Å². The number of fused-ring (bicyclic) bond motifs is 2. The maximum Gasteiger partial charge on any atom is 0.0315 e. The van der Waals surface area contributed by atoms with Gasteiger partial charge in [0.05, 0.1) is 0 Å². The molecule has 19 heavy (non-hydrogen) atoms. The van der Waals surface area contributed by atoms with E-state index in [4.69, 9.17) is 0 Å². The number of nitrogens with zero attached hydrogens (tertiary/aromatic N) is 1. The van der Waals surface area contributed by atoms with E-state index in [0.29, 0.717) is 22.9 Å². The lowest BCUT2D eigenvalue weighted by Gasteiger charge is -2.44. The van der Waals surface area contributed by atoms with Gasteiger partial charge in [-0.25, -0.2) is 0 Å². The van der Waals surface area contributed by atoms with Gasteiger partial charge >= 0.3 is 0 Å². The van der Waals surface area contributed by atoms with Crippen molar-refractivity contribution in [1.29, 1.82) is 0 Å². The number of rotatable bonds is 3. The van der Waals surface area contributed by atoms with Crippen molar-refractivity contribution in [3.63, 3.8) is 0 Å². The zero-order chi connectivity index (χ0) is 13.7. The Hall–Kier alpha value is -0.890. The van der Waals surface area contributed by atoms with Gasteiger partial charge in [-0.05, 0) is 54.6 Å². The largest absolute Gasteiger partial charge is 0.306 e. The number of nitrogens with one attached hydrogen (secondary N) is 1. The Morgan fingerprint density at radius 1 is 1.37 bits per heavy atom. The Balaban J connectivity index is 1.80. The van der Waals surface area contributed by atoms with Crippen LogP contribution in [-0.4, -0.2) is 11.0 Å². The van der Waals surface area contributed by atoms with Crippen LogP contribution in [0.2, 0.25) is 0 Å². The Morgan fingerprint density at radius 2 is 2.16 bits per heavy atom. The lowest BCUT2D eigenvalue weighted by atomic mass is 9.68. The highest BCUT2D eigenvalue weighted by atomic mass is 15.0. The van der Waals surface area contributed by atoms with Crippen molar-refractivity contribution in [2.24, 2.45) is 16.7 Å². The van der Waals surface area contributed by atoms with E-state index < -0.39 is 0 Å². The average molecular weight is 258 g/mol. The molecule has 2 bridgehead atoms. The summed E-state index contributed by atoms with van der Waals surface area (Å²) in [4.78, 5) is 4.24. The van der Waals surface area contributed by atoms with Gasteiger partial charge < -0.3 is 5.32 Å². The molecule has 104 valence electrons. The van der Waals surface area contributed by atoms with Crippen molar-refractivity contribution in [2.45, 2.75) is 59.0 Å². The summed E-state index contributed by atoms with van der Waals surface area (Å²) in [5, 5.41) is 3.92. The Kier molecular flexibility index (Phi) is 2.97. The molecule has 2 unspecified atom stereocenters. The summed E-state index contributed by atoms with van der Waals surface area (Å²) in [6.45, 7) is 9.66. The molecule has 1 heterocycles. The molecular formula is C17H26N2. The highest BCUT2D eigenvalue weighted by molar-refractivity contribution is 5.17. The van der Waals surface area contributed by atoms with E-state index in [1.807, 2.05) is 18.5 Å². The van der Waals surface area contributed by atoms with Crippen molar-refractivity contribution >= 4 is 0 Å². The second-order valence-electron chi connectivity index (χ2n) is 7.52. The fraction of sp³-hybridized carbons (Fsp3) is 0.706. The lowest BCUT2D eigenvalue weighted by Crippen LogP contribution is -2.50. The third-order valence-corrected chi connectivity index (χ3v) is 5.87. The molecule has 2 aliphatic carbocycles. The van der Waals surface area contributed by atoms with Crippen LogP contribution in [0.5, 0.6) is 0 Å². The molecule has 1 aromatic rings. The van der Waals surface area contributed by atoms with E-state index in [-0.39, 0.29) is 0 Å². The minimum Gasteiger partial charge on any atom is -0.306 e. The number of pyridine rings is 1. The SMILES string of the molecule is CC(NC1C(C)(C)[C@H]2CC[C@]1(C)C2)c1cccnc1. The topological polar surface area (TPSA) is 24.9 Å². The van der Waals surface area contributed by atoms with Crippen LogP contribution in [0.1, 0.15) is 58.6 Å². The van der Waals surface area contributed by atoms with Crippen LogP contribution in [0.25, 0.3) is 0 Å².